The van der Waals surface area contributed by atoms with Gasteiger partial charge in [-0.25, -0.2) is 4.79 Å². The number of morpholine rings is 1. The van der Waals surface area contributed by atoms with Crippen LogP contribution in [-0.4, -0.2) is 49.6 Å². The van der Waals surface area contributed by atoms with Crippen molar-refractivity contribution in [2.24, 2.45) is 0 Å². The van der Waals surface area contributed by atoms with Crippen LogP contribution in [0.5, 0.6) is 0 Å². The molecule has 1 aliphatic heterocycles. The van der Waals surface area contributed by atoms with Crippen LogP contribution in [0.3, 0.4) is 0 Å². The Morgan fingerprint density at radius 1 is 1.60 bits per heavy atom. The fourth-order valence-electron chi connectivity index (χ4n) is 1.22. The van der Waals surface area contributed by atoms with Gasteiger partial charge < -0.3 is 14.4 Å². The maximum Gasteiger partial charge on any atom is 0.422 e. The second-order valence-corrected chi connectivity index (χ2v) is 3.29. The summed E-state index contributed by atoms with van der Waals surface area (Å²) < 4.78 is 44.4. The molecular weight excluding hydrogens is 215 g/mol. The van der Waals surface area contributed by atoms with Gasteiger partial charge in [0, 0.05) is 6.54 Å². The van der Waals surface area contributed by atoms with Crippen LogP contribution in [0, 0.1) is 0 Å². The van der Waals surface area contributed by atoms with E-state index >= 15 is 0 Å². The maximum atomic E-state index is 11.8. The number of carbonyl (C=O) groups excluding carboxylic acids is 1. The molecule has 0 spiro atoms. The lowest BCUT2D eigenvalue weighted by molar-refractivity contribution is -0.164. The van der Waals surface area contributed by atoms with Gasteiger partial charge in [0.2, 0.25) is 0 Å². The molecule has 0 aromatic carbocycles. The van der Waals surface area contributed by atoms with E-state index in [9.17, 15) is 18.0 Å². The zero-order valence-corrected chi connectivity index (χ0v) is 8.21. The topological polar surface area (TPSA) is 38.8 Å². The third kappa shape index (κ3) is 3.94. The quantitative estimate of drug-likeness (QED) is 0.679. The van der Waals surface area contributed by atoms with Crippen LogP contribution in [-0.2, 0) is 9.47 Å². The number of alkyl halides is 3. The van der Waals surface area contributed by atoms with Gasteiger partial charge in [-0.3, -0.25) is 0 Å². The van der Waals surface area contributed by atoms with Crippen LogP contribution in [0.2, 0.25) is 0 Å². The Morgan fingerprint density at radius 3 is 2.80 bits per heavy atom. The highest BCUT2D eigenvalue weighted by atomic mass is 19.4. The van der Waals surface area contributed by atoms with Gasteiger partial charge in [0.05, 0.1) is 19.3 Å². The van der Waals surface area contributed by atoms with Crippen molar-refractivity contribution in [3.05, 3.63) is 0 Å². The van der Waals surface area contributed by atoms with E-state index < -0.39 is 18.9 Å². The van der Waals surface area contributed by atoms with Crippen LogP contribution in [0.1, 0.15) is 6.92 Å². The summed E-state index contributed by atoms with van der Waals surface area (Å²) in [5.74, 6) is 0. The first-order valence-electron chi connectivity index (χ1n) is 4.48. The molecule has 0 saturated carbocycles. The molecule has 1 atom stereocenters. The highest BCUT2D eigenvalue weighted by Gasteiger charge is 2.32. The predicted octanol–water partition coefficient (Wildman–Crippen LogP) is 1.41. The third-order valence-corrected chi connectivity index (χ3v) is 1.96. The molecule has 1 unspecified atom stereocenters. The van der Waals surface area contributed by atoms with Gasteiger partial charge in [-0.2, -0.15) is 13.2 Å². The molecule has 1 amide bonds. The highest BCUT2D eigenvalue weighted by Crippen LogP contribution is 2.16. The van der Waals surface area contributed by atoms with Crippen LogP contribution >= 0.6 is 0 Å². The van der Waals surface area contributed by atoms with Crippen molar-refractivity contribution >= 4 is 6.09 Å². The molecule has 0 aliphatic carbocycles. The number of carbonyl (C=O) groups is 1. The van der Waals surface area contributed by atoms with E-state index in [1.54, 1.807) is 6.92 Å². The second-order valence-electron chi connectivity index (χ2n) is 3.29. The fraction of sp³-hybridized carbons (Fsp3) is 0.875. The molecule has 1 saturated heterocycles. The Kier molecular flexibility index (Phi) is 3.78. The Labute approximate surface area is 84.9 Å². The van der Waals surface area contributed by atoms with E-state index in [-0.39, 0.29) is 12.6 Å². The maximum absolute atomic E-state index is 11.8. The Balaban J connectivity index is 2.39. The molecule has 0 aromatic heterocycles. The molecule has 1 aliphatic rings. The minimum Gasteiger partial charge on any atom is -0.440 e. The summed E-state index contributed by atoms with van der Waals surface area (Å²) in [4.78, 5) is 12.4. The fourth-order valence-corrected chi connectivity index (χ4v) is 1.22. The van der Waals surface area contributed by atoms with E-state index in [2.05, 4.69) is 4.74 Å². The lowest BCUT2D eigenvalue weighted by Gasteiger charge is -2.32. The summed E-state index contributed by atoms with van der Waals surface area (Å²) in [5, 5.41) is 0. The first-order valence-corrected chi connectivity index (χ1v) is 4.48. The first kappa shape index (κ1) is 12.1. The van der Waals surface area contributed by atoms with E-state index in [0.29, 0.717) is 13.2 Å². The SMILES string of the molecule is CC1COCCN1C(=O)OCC(F)(F)F. The number of amides is 1. The molecule has 0 radical (unpaired) electrons. The van der Waals surface area contributed by atoms with E-state index in [1.807, 2.05) is 0 Å². The summed E-state index contributed by atoms with van der Waals surface area (Å²) >= 11 is 0. The van der Waals surface area contributed by atoms with Gasteiger partial charge >= 0.3 is 12.3 Å². The van der Waals surface area contributed by atoms with Gasteiger partial charge in [-0.1, -0.05) is 0 Å². The van der Waals surface area contributed by atoms with Crippen LogP contribution in [0.4, 0.5) is 18.0 Å². The normalized spacial score (nSPS) is 22.7. The smallest absolute Gasteiger partial charge is 0.422 e. The standard InChI is InChI=1S/C8H12F3NO3/c1-6-4-14-3-2-12(6)7(13)15-5-8(9,10)11/h6H,2-5H2,1H3. The van der Waals surface area contributed by atoms with Gasteiger partial charge in [0.25, 0.3) is 0 Å². The largest absolute Gasteiger partial charge is 0.440 e. The van der Waals surface area contributed by atoms with Crippen molar-refractivity contribution in [1.82, 2.24) is 4.90 Å². The van der Waals surface area contributed by atoms with Crippen LogP contribution < -0.4 is 0 Å². The highest BCUT2D eigenvalue weighted by molar-refractivity contribution is 5.68. The van der Waals surface area contributed by atoms with Crippen LogP contribution in [0.25, 0.3) is 0 Å². The summed E-state index contributed by atoms with van der Waals surface area (Å²) in [6.07, 6.45) is -5.42. The molecule has 7 heteroatoms. The summed E-state index contributed by atoms with van der Waals surface area (Å²) in [7, 11) is 0. The second kappa shape index (κ2) is 4.69. The lowest BCUT2D eigenvalue weighted by Crippen LogP contribution is -2.47. The van der Waals surface area contributed by atoms with Crippen molar-refractivity contribution in [3.63, 3.8) is 0 Å². The zero-order valence-electron chi connectivity index (χ0n) is 8.21. The first-order chi connectivity index (χ1) is 6.90. The van der Waals surface area contributed by atoms with Crippen molar-refractivity contribution in [3.8, 4) is 0 Å². The van der Waals surface area contributed by atoms with E-state index in [4.69, 9.17) is 4.74 Å². The Hall–Kier alpha value is -0.980. The monoisotopic (exact) mass is 227 g/mol. The number of hydrogen-bond acceptors (Lipinski definition) is 3. The zero-order chi connectivity index (χ0) is 11.5. The van der Waals surface area contributed by atoms with Crippen molar-refractivity contribution in [1.29, 1.82) is 0 Å². The van der Waals surface area contributed by atoms with Crippen molar-refractivity contribution in [2.75, 3.05) is 26.4 Å². The minimum absolute atomic E-state index is 0.250. The number of rotatable bonds is 1. The molecule has 1 rings (SSSR count). The van der Waals surface area contributed by atoms with Gasteiger partial charge in [-0.05, 0) is 6.92 Å². The third-order valence-electron chi connectivity index (χ3n) is 1.96. The molecule has 4 nitrogen and oxygen atoms in total. The lowest BCUT2D eigenvalue weighted by atomic mass is 10.3. The van der Waals surface area contributed by atoms with E-state index in [0.717, 1.165) is 0 Å². The van der Waals surface area contributed by atoms with E-state index in [1.165, 1.54) is 4.90 Å². The molecule has 0 aromatic rings. The molecule has 15 heavy (non-hydrogen) atoms. The Morgan fingerprint density at radius 2 is 2.27 bits per heavy atom. The van der Waals surface area contributed by atoms with Gasteiger partial charge in [-0.15, -0.1) is 0 Å². The number of hydrogen-bond donors (Lipinski definition) is 0. The average molecular weight is 227 g/mol. The van der Waals surface area contributed by atoms with Gasteiger partial charge in [0.1, 0.15) is 0 Å². The van der Waals surface area contributed by atoms with Crippen LogP contribution in [0.15, 0.2) is 0 Å². The number of ether oxygens (including phenoxy) is 2. The van der Waals surface area contributed by atoms with Crippen molar-refractivity contribution < 1.29 is 27.4 Å². The molecular formula is C8H12F3NO3. The molecule has 1 fully saturated rings. The minimum atomic E-state index is -4.48. The molecule has 0 bridgehead atoms. The van der Waals surface area contributed by atoms with Gasteiger partial charge in [0.15, 0.2) is 6.61 Å². The average Bonchev–Trinajstić information content (AvgIpc) is 2.14. The summed E-state index contributed by atoms with van der Waals surface area (Å²) in [5.41, 5.74) is 0. The molecule has 88 valence electrons. The van der Waals surface area contributed by atoms with Crippen molar-refractivity contribution in [2.45, 2.75) is 19.1 Å². The molecule has 1 heterocycles. The number of nitrogens with zero attached hydrogens (tertiary/aromatic N) is 1. The predicted molar refractivity (Wildman–Crippen MR) is 44.4 cm³/mol. The summed E-state index contributed by atoms with van der Waals surface area (Å²) in [6.45, 7) is 1.05. The Bertz CT molecular complexity index is 232. The summed E-state index contributed by atoms with van der Waals surface area (Å²) in [6, 6.07) is -0.250. The number of halogens is 3. The molecule has 0 N–H and O–H groups in total.